The number of benzene rings is 9. The number of aromatic nitrogens is 4. The maximum atomic E-state index is 10.1. The van der Waals surface area contributed by atoms with E-state index in [0.29, 0.717) is 23.0 Å². The largest absolute Gasteiger partial charge is 0.308 e. The number of fused-ring (bicyclic) bond motifs is 3. The van der Waals surface area contributed by atoms with E-state index in [1.807, 2.05) is 42.5 Å². The molecule has 0 atom stereocenters. The van der Waals surface area contributed by atoms with Crippen molar-refractivity contribution < 1.29 is 0 Å². The van der Waals surface area contributed by atoms with Gasteiger partial charge in [0.15, 0.2) is 17.5 Å². The molecule has 0 unspecified atom stereocenters. The second-order valence-corrected chi connectivity index (χ2v) is 18.0. The van der Waals surface area contributed by atoms with Crippen molar-refractivity contribution in [1.29, 1.82) is 5.26 Å². The van der Waals surface area contributed by atoms with Gasteiger partial charge in [-0.05, 0) is 105 Å². The molecular formula is C62H45N5. The summed E-state index contributed by atoms with van der Waals surface area (Å²) in [7, 11) is 0. The molecule has 0 bridgehead atoms. The minimum absolute atomic E-state index is 0.0739. The predicted octanol–water partition coefficient (Wildman–Crippen LogP) is 15.8. The van der Waals surface area contributed by atoms with E-state index in [0.717, 1.165) is 88.7 Å². The Balaban J connectivity index is 1.22. The van der Waals surface area contributed by atoms with Gasteiger partial charge in [0.25, 0.3) is 0 Å². The Bertz CT molecular complexity index is 3520. The first kappa shape index (κ1) is 41.0. The molecule has 0 saturated heterocycles. The molecule has 0 amide bonds. The lowest BCUT2D eigenvalue weighted by Crippen LogP contribution is -2.10. The van der Waals surface area contributed by atoms with E-state index in [9.17, 15) is 5.26 Å². The minimum atomic E-state index is -0.0739. The van der Waals surface area contributed by atoms with Gasteiger partial charge in [-0.2, -0.15) is 5.26 Å². The molecule has 0 fully saturated rings. The van der Waals surface area contributed by atoms with Crippen LogP contribution in [0.3, 0.4) is 0 Å². The van der Waals surface area contributed by atoms with Crippen molar-refractivity contribution in [3.05, 3.63) is 230 Å². The van der Waals surface area contributed by atoms with Crippen LogP contribution in [0.2, 0.25) is 0 Å². The molecule has 5 heteroatoms. The number of rotatable bonds is 8. The van der Waals surface area contributed by atoms with Crippen LogP contribution in [0.25, 0.3) is 106 Å². The standard InChI is InChI=1S/C62H45N5/c1-62(2,3)51-30-32-57-55(39-51)54-33-41(40-63)29-31-56(54)67(57)58-52(44-23-13-6-14-24-44)37-50(38-53(58)45-25-15-7-16-26-45)61-65-59(46-27-17-8-18-28-46)64-60(66-61)49-35-47(42-19-9-4-10-20-42)34-48(36-49)43-21-11-5-12-22-43/h4-39H,1-3H3. The van der Waals surface area contributed by atoms with Crippen LogP contribution in [-0.4, -0.2) is 19.5 Å². The summed E-state index contributed by atoms with van der Waals surface area (Å²) in [6.07, 6.45) is 0. The maximum Gasteiger partial charge on any atom is 0.164 e. The van der Waals surface area contributed by atoms with Gasteiger partial charge in [0, 0.05) is 38.6 Å². The van der Waals surface area contributed by atoms with Crippen molar-refractivity contribution in [2.24, 2.45) is 0 Å². The zero-order valence-corrected chi connectivity index (χ0v) is 37.5. The lowest BCUT2D eigenvalue weighted by atomic mass is 9.86. The number of nitriles is 1. The quantitative estimate of drug-likeness (QED) is 0.153. The average Bonchev–Trinajstić information content (AvgIpc) is 3.71. The molecule has 11 aromatic rings. The Kier molecular flexibility index (Phi) is 10.4. The fourth-order valence-corrected chi connectivity index (χ4v) is 9.18. The summed E-state index contributed by atoms with van der Waals surface area (Å²) in [5.74, 6) is 1.73. The molecule has 11 rings (SSSR count). The average molecular weight is 860 g/mol. The first-order valence-electron chi connectivity index (χ1n) is 22.7. The van der Waals surface area contributed by atoms with Crippen molar-refractivity contribution in [3.8, 4) is 90.4 Å². The molecule has 5 nitrogen and oxygen atoms in total. The zero-order chi connectivity index (χ0) is 45.5. The van der Waals surface area contributed by atoms with Gasteiger partial charge in [0.1, 0.15) is 0 Å². The normalized spacial score (nSPS) is 11.5. The van der Waals surface area contributed by atoms with Crippen LogP contribution in [0.5, 0.6) is 0 Å². The number of hydrogen-bond acceptors (Lipinski definition) is 4. The Morgan fingerprint density at radius 2 is 0.761 bits per heavy atom. The molecule has 0 N–H and O–H groups in total. The molecule has 0 saturated carbocycles. The van der Waals surface area contributed by atoms with Gasteiger partial charge in [-0.1, -0.05) is 178 Å². The summed E-state index contributed by atoms with van der Waals surface area (Å²) in [6, 6.07) is 78.6. The second kappa shape index (κ2) is 17.0. The molecule has 0 aliphatic rings. The fraction of sp³-hybridized carbons (Fsp3) is 0.0645. The van der Waals surface area contributed by atoms with Gasteiger partial charge < -0.3 is 4.57 Å². The van der Waals surface area contributed by atoms with Crippen LogP contribution in [0.1, 0.15) is 31.9 Å². The molecule has 67 heavy (non-hydrogen) atoms. The van der Waals surface area contributed by atoms with Crippen molar-refractivity contribution in [2.75, 3.05) is 0 Å². The molecule has 9 aromatic carbocycles. The third kappa shape index (κ3) is 7.85. The van der Waals surface area contributed by atoms with Gasteiger partial charge in [-0.3, -0.25) is 0 Å². The van der Waals surface area contributed by atoms with E-state index in [4.69, 9.17) is 15.0 Å². The highest BCUT2D eigenvalue weighted by Crippen LogP contribution is 2.45. The molecule has 2 aromatic heterocycles. The zero-order valence-electron chi connectivity index (χ0n) is 37.5. The van der Waals surface area contributed by atoms with Crippen LogP contribution in [0.15, 0.2) is 218 Å². The highest BCUT2D eigenvalue weighted by molar-refractivity contribution is 6.11. The predicted molar refractivity (Wildman–Crippen MR) is 276 cm³/mol. The summed E-state index contributed by atoms with van der Waals surface area (Å²) >= 11 is 0. The Morgan fingerprint density at radius 1 is 0.373 bits per heavy atom. The summed E-state index contributed by atoms with van der Waals surface area (Å²) in [6.45, 7) is 6.73. The third-order valence-corrected chi connectivity index (χ3v) is 12.6. The van der Waals surface area contributed by atoms with Crippen molar-refractivity contribution in [1.82, 2.24) is 19.5 Å². The van der Waals surface area contributed by atoms with E-state index in [1.54, 1.807) is 0 Å². The maximum absolute atomic E-state index is 10.1. The first-order chi connectivity index (χ1) is 32.8. The van der Waals surface area contributed by atoms with E-state index in [1.165, 1.54) is 5.56 Å². The summed E-state index contributed by atoms with van der Waals surface area (Å²) in [5, 5.41) is 12.3. The number of hydrogen-bond donors (Lipinski definition) is 0. The second-order valence-electron chi connectivity index (χ2n) is 18.0. The third-order valence-electron chi connectivity index (χ3n) is 12.6. The van der Waals surface area contributed by atoms with Gasteiger partial charge in [-0.25, -0.2) is 15.0 Å². The van der Waals surface area contributed by atoms with Crippen LogP contribution < -0.4 is 0 Å². The van der Waals surface area contributed by atoms with E-state index >= 15 is 0 Å². The van der Waals surface area contributed by atoms with Crippen LogP contribution in [0, 0.1) is 11.3 Å². The highest BCUT2D eigenvalue weighted by atomic mass is 15.0. The lowest BCUT2D eigenvalue weighted by molar-refractivity contribution is 0.591. The SMILES string of the molecule is CC(C)(C)c1ccc2c(c1)c1cc(C#N)ccc1n2-c1c(-c2ccccc2)cc(-c2nc(-c3ccccc3)nc(-c3cc(-c4ccccc4)cc(-c4ccccc4)c3)n2)cc1-c1ccccc1. The Labute approximate surface area is 391 Å². The molecule has 0 aliphatic carbocycles. The van der Waals surface area contributed by atoms with E-state index < -0.39 is 0 Å². The van der Waals surface area contributed by atoms with Gasteiger partial charge >= 0.3 is 0 Å². The van der Waals surface area contributed by atoms with E-state index in [2.05, 4.69) is 207 Å². The van der Waals surface area contributed by atoms with Crippen molar-refractivity contribution >= 4 is 21.8 Å². The molecule has 0 radical (unpaired) electrons. The van der Waals surface area contributed by atoms with Gasteiger partial charge in [0.05, 0.1) is 28.4 Å². The molecule has 0 aliphatic heterocycles. The minimum Gasteiger partial charge on any atom is -0.308 e. The summed E-state index contributed by atoms with van der Waals surface area (Å²) in [5.41, 5.74) is 16.0. The summed E-state index contributed by atoms with van der Waals surface area (Å²) < 4.78 is 2.39. The topological polar surface area (TPSA) is 67.4 Å². The number of nitrogens with zero attached hydrogens (tertiary/aromatic N) is 5. The fourth-order valence-electron chi connectivity index (χ4n) is 9.18. The van der Waals surface area contributed by atoms with Crippen molar-refractivity contribution in [2.45, 2.75) is 26.2 Å². The molecule has 318 valence electrons. The Hall–Kier alpha value is -8.72. The smallest absolute Gasteiger partial charge is 0.164 e. The summed E-state index contributed by atoms with van der Waals surface area (Å²) in [4.78, 5) is 16.0. The van der Waals surface area contributed by atoms with Crippen molar-refractivity contribution in [3.63, 3.8) is 0 Å². The highest BCUT2D eigenvalue weighted by Gasteiger charge is 2.25. The monoisotopic (exact) mass is 859 g/mol. The van der Waals surface area contributed by atoms with Crippen LogP contribution in [0.4, 0.5) is 0 Å². The Morgan fingerprint density at radius 3 is 1.22 bits per heavy atom. The first-order valence-corrected chi connectivity index (χ1v) is 22.7. The van der Waals surface area contributed by atoms with Gasteiger partial charge in [0.2, 0.25) is 0 Å². The van der Waals surface area contributed by atoms with Gasteiger partial charge in [-0.15, -0.1) is 0 Å². The molecule has 2 heterocycles. The van der Waals surface area contributed by atoms with E-state index in [-0.39, 0.29) is 5.41 Å². The molecular weight excluding hydrogens is 815 g/mol. The molecule has 0 spiro atoms. The van der Waals surface area contributed by atoms with Crippen LogP contribution >= 0.6 is 0 Å². The van der Waals surface area contributed by atoms with Crippen LogP contribution in [-0.2, 0) is 5.41 Å². The lowest BCUT2D eigenvalue weighted by Gasteiger charge is -2.22.